The van der Waals surface area contributed by atoms with E-state index in [1.807, 2.05) is 24.5 Å². The fourth-order valence-electron chi connectivity index (χ4n) is 3.40. The van der Waals surface area contributed by atoms with Crippen LogP contribution in [0.1, 0.15) is 12.0 Å². The summed E-state index contributed by atoms with van der Waals surface area (Å²) in [6.45, 7) is 2.19. The first-order valence-corrected chi connectivity index (χ1v) is 7.19. The molecule has 2 fully saturated rings. The summed E-state index contributed by atoms with van der Waals surface area (Å²) < 4.78 is 0. The van der Waals surface area contributed by atoms with Gasteiger partial charge in [0.2, 0.25) is 0 Å². The molecular formula is C15H19N5. The summed E-state index contributed by atoms with van der Waals surface area (Å²) in [5.41, 5.74) is 2.18. The zero-order chi connectivity index (χ0) is 13.5. The number of aromatic nitrogens is 1. The SMILES string of the molecule is CN1C=CC(c2ccncc2)=NC1N1CC2C[C@H]1CN2. The number of hydrogen-bond donors (Lipinski definition) is 1. The smallest absolute Gasteiger partial charge is 0.179 e. The standard InChI is InChI=1S/C15H19N5/c1-19-7-4-14(11-2-5-16-6-3-11)18-15(19)20-10-12-8-13(20)9-17-12/h2-7,12-13,15,17H,8-10H2,1H3/t12?,13-,15?/m0/s1. The highest BCUT2D eigenvalue weighted by Crippen LogP contribution is 2.28. The third-order valence-corrected chi connectivity index (χ3v) is 4.46. The van der Waals surface area contributed by atoms with Crippen molar-refractivity contribution in [3.63, 3.8) is 0 Å². The molecule has 2 bridgehead atoms. The molecule has 5 heteroatoms. The van der Waals surface area contributed by atoms with Crippen molar-refractivity contribution in [3.8, 4) is 0 Å². The van der Waals surface area contributed by atoms with Gasteiger partial charge in [0.25, 0.3) is 0 Å². The van der Waals surface area contributed by atoms with Gasteiger partial charge in [-0.25, -0.2) is 4.99 Å². The van der Waals surface area contributed by atoms with Crippen molar-refractivity contribution < 1.29 is 0 Å². The van der Waals surface area contributed by atoms with E-state index < -0.39 is 0 Å². The Morgan fingerprint density at radius 3 is 2.85 bits per heavy atom. The lowest BCUT2D eigenvalue weighted by atomic mass is 10.1. The van der Waals surface area contributed by atoms with Crippen molar-refractivity contribution in [1.29, 1.82) is 0 Å². The van der Waals surface area contributed by atoms with E-state index in [9.17, 15) is 0 Å². The Morgan fingerprint density at radius 2 is 2.15 bits per heavy atom. The number of fused-ring (bicyclic) bond motifs is 2. The number of rotatable bonds is 2. The van der Waals surface area contributed by atoms with E-state index in [1.165, 1.54) is 6.42 Å². The average molecular weight is 269 g/mol. The van der Waals surface area contributed by atoms with Crippen molar-refractivity contribution in [1.82, 2.24) is 20.1 Å². The molecule has 5 nitrogen and oxygen atoms in total. The first-order valence-electron chi connectivity index (χ1n) is 7.19. The average Bonchev–Trinajstić information content (AvgIpc) is 3.11. The van der Waals surface area contributed by atoms with Crippen LogP contribution in [0.15, 0.2) is 41.8 Å². The topological polar surface area (TPSA) is 43.8 Å². The molecule has 2 unspecified atom stereocenters. The molecule has 0 aromatic carbocycles. The molecule has 3 aliphatic rings. The summed E-state index contributed by atoms with van der Waals surface area (Å²) in [6.07, 6.45) is 9.24. The molecule has 4 rings (SSSR count). The van der Waals surface area contributed by atoms with Gasteiger partial charge >= 0.3 is 0 Å². The van der Waals surface area contributed by atoms with E-state index >= 15 is 0 Å². The van der Waals surface area contributed by atoms with Crippen LogP contribution in [0.3, 0.4) is 0 Å². The van der Waals surface area contributed by atoms with E-state index in [0.717, 1.165) is 24.4 Å². The molecule has 0 saturated carbocycles. The molecule has 3 aliphatic heterocycles. The van der Waals surface area contributed by atoms with Crippen molar-refractivity contribution in [3.05, 3.63) is 42.4 Å². The molecule has 3 atom stereocenters. The quantitative estimate of drug-likeness (QED) is 0.856. The molecule has 4 heterocycles. The zero-order valence-corrected chi connectivity index (χ0v) is 11.6. The number of likely N-dealkylation sites (tertiary alicyclic amines) is 1. The Hall–Kier alpha value is -1.72. The molecule has 2 saturated heterocycles. The maximum Gasteiger partial charge on any atom is 0.179 e. The molecule has 1 aromatic rings. The van der Waals surface area contributed by atoms with Gasteiger partial charge in [-0.2, -0.15) is 0 Å². The summed E-state index contributed by atoms with van der Waals surface area (Å²) in [7, 11) is 2.10. The monoisotopic (exact) mass is 269 g/mol. The van der Waals surface area contributed by atoms with Crippen molar-refractivity contribution in [2.75, 3.05) is 20.1 Å². The number of allylic oxidation sites excluding steroid dienone is 1. The van der Waals surface area contributed by atoms with Gasteiger partial charge in [-0.3, -0.25) is 9.88 Å². The van der Waals surface area contributed by atoms with Crippen LogP contribution >= 0.6 is 0 Å². The van der Waals surface area contributed by atoms with Gasteiger partial charge < -0.3 is 10.2 Å². The van der Waals surface area contributed by atoms with Crippen molar-refractivity contribution >= 4 is 5.71 Å². The predicted octanol–water partition coefficient (Wildman–Crippen LogP) is 0.659. The van der Waals surface area contributed by atoms with Crippen molar-refractivity contribution in [2.45, 2.75) is 24.8 Å². The van der Waals surface area contributed by atoms with Crippen molar-refractivity contribution in [2.24, 2.45) is 4.99 Å². The number of piperazine rings is 1. The number of pyridine rings is 1. The van der Waals surface area contributed by atoms with Crippen LogP contribution in [-0.4, -0.2) is 59.0 Å². The van der Waals surface area contributed by atoms with E-state index in [-0.39, 0.29) is 6.29 Å². The second-order valence-corrected chi connectivity index (χ2v) is 5.77. The highest BCUT2D eigenvalue weighted by molar-refractivity contribution is 6.08. The fraction of sp³-hybridized carbons (Fsp3) is 0.467. The maximum absolute atomic E-state index is 4.96. The molecule has 0 radical (unpaired) electrons. The van der Waals surface area contributed by atoms with E-state index in [4.69, 9.17) is 4.99 Å². The van der Waals surface area contributed by atoms with Crippen LogP contribution in [0.5, 0.6) is 0 Å². The van der Waals surface area contributed by atoms with Gasteiger partial charge in [0.1, 0.15) is 0 Å². The minimum absolute atomic E-state index is 0.125. The zero-order valence-electron chi connectivity index (χ0n) is 11.6. The highest BCUT2D eigenvalue weighted by Gasteiger charge is 2.42. The van der Waals surface area contributed by atoms with Crippen LogP contribution in [0.4, 0.5) is 0 Å². The normalized spacial score (nSPS) is 32.8. The van der Waals surface area contributed by atoms with E-state index in [1.54, 1.807) is 0 Å². The molecule has 1 N–H and O–H groups in total. The third-order valence-electron chi connectivity index (χ3n) is 4.46. The number of hydrogen-bond acceptors (Lipinski definition) is 5. The first-order chi connectivity index (χ1) is 9.81. The van der Waals surface area contributed by atoms with Crippen LogP contribution in [0.2, 0.25) is 0 Å². The van der Waals surface area contributed by atoms with Crippen LogP contribution in [0.25, 0.3) is 0 Å². The largest absolute Gasteiger partial charge is 0.347 e. The van der Waals surface area contributed by atoms with Gasteiger partial charge in [0, 0.05) is 56.4 Å². The molecule has 0 aliphatic carbocycles. The Morgan fingerprint density at radius 1 is 1.30 bits per heavy atom. The Kier molecular flexibility index (Phi) is 2.82. The second-order valence-electron chi connectivity index (χ2n) is 5.77. The van der Waals surface area contributed by atoms with Gasteiger partial charge in [-0.15, -0.1) is 0 Å². The van der Waals surface area contributed by atoms with E-state index in [2.05, 4.69) is 39.4 Å². The van der Waals surface area contributed by atoms with Crippen LogP contribution in [-0.2, 0) is 0 Å². The van der Waals surface area contributed by atoms with E-state index in [0.29, 0.717) is 12.1 Å². The summed E-state index contributed by atoms with van der Waals surface area (Å²) in [4.78, 5) is 13.8. The number of nitrogens with one attached hydrogen (secondary N) is 1. The van der Waals surface area contributed by atoms with Gasteiger partial charge in [0.15, 0.2) is 6.29 Å². The Balaban J connectivity index is 1.62. The number of nitrogens with zero attached hydrogens (tertiary/aromatic N) is 4. The lowest BCUT2D eigenvalue weighted by Gasteiger charge is -2.39. The molecule has 104 valence electrons. The summed E-state index contributed by atoms with van der Waals surface area (Å²) in [5.74, 6) is 0. The second kappa shape index (κ2) is 4.68. The maximum atomic E-state index is 4.96. The van der Waals surface area contributed by atoms with Gasteiger partial charge in [0.05, 0.1) is 5.71 Å². The molecular weight excluding hydrogens is 250 g/mol. The molecule has 0 spiro atoms. The fourth-order valence-corrected chi connectivity index (χ4v) is 3.40. The summed E-state index contributed by atoms with van der Waals surface area (Å²) in [6, 6.07) is 5.31. The Labute approximate surface area is 119 Å². The molecule has 20 heavy (non-hydrogen) atoms. The predicted molar refractivity (Wildman–Crippen MR) is 78.4 cm³/mol. The highest BCUT2D eigenvalue weighted by atomic mass is 15.5. The van der Waals surface area contributed by atoms with Crippen LogP contribution in [0, 0.1) is 0 Å². The lowest BCUT2D eigenvalue weighted by molar-refractivity contribution is 0.0747. The molecule has 0 amide bonds. The molecule has 1 aromatic heterocycles. The lowest BCUT2D eigenvalue weighted by Crippen LogP contribution is -2.53. The minimum Gasteiger partial charge on any atom is -0.347 e. The number of aliphatic imine (C=N–C) groups is 1. The van der Waals surface area contributed by atoms with Crippen LogP contribution < -0.4 is 5.32 Å². The minimum atomic E-state index is 0.125. The van der Waals surface area contributed by atoms with Gasteiger partial charge in [-0.1, -0.05) is 0 Å². The first kappa shape index (κ1) is 12.1. The summed E-state index contributed by atoms with van der Waals surface area (Å²) >= 11 is 0. The Bertz CT molecular complexity index is 553. The summed E-state index contributed by atoms with van der Waals surface area (Å²) in [5, 5.41) is 3.55. The third kappa shape index (κ3) is 1.94. The van der Waals surface area contributed by atoms with Gasteiger partial charge in [-0.05, 0) is 24.6 Å².